The van der Waals surface area contributed by atoms with Crippen molar-refractivity contribution in [1.82, 2.24) is 0 Å². The second-order valence-electron chi connectivity index (χ2n) is 4.58. The van der Waals surface area contributed by atoms with Crippen LogP contribution in [-0.4, -0.2) is 5.38 Å². The first-order chi connectivity index (χ1) is 7.36. The van der Waals surface area contributed by atoms with E-state index in [2.05, 4.69) is 16.8 Å². The number of hydrogen-bond donors (Lipinski definition) is 0. The predicted molar refractivity (Wildman–Crippen MR) is 68.9 cm³/mol. The van der Waals surface area contributed by atoms with Crippen molar-refractivity contribution < 1.29 is 0 Å². The monoisotopic (exact) mass is 242 g/mol. The Morgan fingerprint density at radius 2 is 2.13 bits per heavy atom. The average Bonchev–Trinajstić information content (AvgIpc) is 2.67. The van der Waals surface area contributed by atoms with Gasteiger partial charge in [0.15, 0.2) is 0 Å². The van der Waals surface area contributed by atoms with Crippen molar-refractivity contribution in [2.24, 2.45) is 5.92 Å². The first kappa shape index (κ1) is 11.5. The molecule has 84 valence electrons. The van der Waals surface area contributed by atoms with Crippen molar-refractivity contribution in [3.8, 4) is 0 Å². The van der Waals surface area contributed by atoms with Crippen molar-refractivity contribution in [1.29, 1.82) is 0 Å². The number of thiophene rings is 1. The maximum atomic E-state index is 6.43. The maximum Gasteiger partial charge on any atom is 0.0364 e. The third-order valence-electron chi connectivity index (χ3n) is 3.45. The van der Waals surface area contributed by atoms with Gasteiger partial charge in [-0.05, 0) is 54.0 Å². The molecule has 2 rings (SSSR count). The first-order valence-corrected chi connectivity index (χ1v) is 7.39. The minimum Gasteiger partial charge on any atom is -0.152 e. The molecular formula is C13H19ClS. The molecule has 1 aromatic heterocycles. The molecule has 2 heteroatoms. The van der Waals surface area contributed by atoms with Crippen LogP contribution >= 0.6 is 22.9 Å². The van der Waals surface area contributed by atoms with E-state index in [1.54, 1.807) is 11.3 Å². The lowest BCUT2D eigenvalue weighted by Crippen LogP contribution is -2.13. The van der Waals surface area contributed by atoms with Crippen LogP contribution < -0.4 is 0 Å². The summed E-state index contributed by atoms with van der Waals surface area (Å²) in [5, 5.41) is 4.87. The fourth-order valence-electron chi connectivity index (χ4n) is 2.45. The molecule has 1 aliphatic carbocycles. The van der Waals surface area contributed by atoms with Crippen LogP contribution in [0.1, 0.15) is 44.1 Å². The summed E-state index contributed by atoms with van der Waals surface area (Å²) in [6.45, 7) is 0. The molecule has 2 unspecified atom stereocenters. The summed E-state index contributed by atoms with van der Waals surface area (Å²) in [4.78, 5) is 0. The van der Waals surface area contributed by atoms with Gasteiger partial charge in [0, 0.05) is 5.38 Å². The molecule has 0 saturated heterocycles. The first-order valence-electron chi connectivity index (χ1n) is 6.01. The van der Waals surface area contributed by atoms with Crippen LogP contribution in [0.5, 0.6) is 0 Å². The van der Waals surface area contributed by atoms with E-state index in [1.807, 2.05) is 0 Å². The van der Waals surface area contributed by atoms with Gasteiger partial charge < -0.3 is 0 Å². The summed E-state index contributed by atoms with van der Waals surface area (Å²) in [6, 6.07) is 2.24. The Hall–Kier alpha value is -0.0100. The number of alkyl halides is 1. The number of halogens is 1. The molecule has 1 fully saturated rings. The maximum absolute atomic E-state index is 6.43. The van der Waals surface area contributed by atoms with Crippen molar-refractivity contribution in [3.63, 3.8) is 0 Å². The molecule has 15 heavy (non-hydrogen) atoms. The Kier molecular flexibility index (Phi) is 4.52. The second-order valence-corrected chi connectivity index (χ2v) is 5.92. The molecule has 1 aliphatic rings. The SMILES string of the molecule is ClC1CCCCCC1CCc1ccsc1. The molecule has 0 radical (unpaired) electrons. The highest BCUT2D eigenvalue weighted by molar-refractivity contribution is 7.07. The number of hydrogen-bond acceptors (Lipinski definition) is 1. The summed E-state index contributed by atoms with van der Waals surface area (Å²) in [5.41, 5.74) is 1.49. The Morgan fingerprint density at radius 1 is 1.27 bits per heavy atom. The molecule has 0 nitrogen and oxygen atoms in total. The Bertz CT molecular complexity index is 268. The van der Waals surface area contributed by atoms with E-state index in [1.165, 1.54) is 50.5 Å². The predicted octanol–water partition coefficient (Wildman–Crippen LogP) is 4.87. The quantitative estimate of drug-likeness (QED) is 0.524. The van der Waals surface area contributed by atoms with E-state index in [9.17, 15) is 0 Å². The fourth-order valence-corrected chi connectivity index (χ4v) is 3.56. The summed E-state index contributed by atoms with van der Waals surface area (Å²) in [6.07, 6.45) is 9.19. The zero-order valence-electron chi connectivity index (χ0n) is 9.12. The van der Waals surface area contributed by atoms with Crippen molar-refractivity contribution in [2.75, 3.05) is 0 Å². The van der Waals surface area contributed by atoms with E-state index in [0.29, 0.717) is 5.38 Å². The van der Waals surface area contributed by atoms with Crippen LogP contribution in [-0.2, 0) is 6.42 Å². The molecule has 2 atom stereocenters. The summed E-state index contributed by atoms with van der Waals surface area (Å²) < 4.78 is 0. The topological polar surface area (TPSA) is 0 Å². The molecule has 0 amide bonds. The lowest BCUT2D eigenvalue weighted by Gasteiger charge is -2.18. The van der Waals surface area contributed by atoms with Gasteiger partial charge in [-0.15, -0.1) is 11.6 Å². The minimum absolute atomic E-state index is 0.436. The van der Waals surface area contributed by atoms with Crippen LogP contribution in [0.2, 0.25) is 0 Å². The normalized spacial score (nSPS) is 27.5. The highest BCUT2D eigenvalue weighted by Gasteiger charge is 2.21. The number of aryl methyl sites for hydroxylation is 1. The van der Waals surface area contributed by atoms with Crippen molar-refractivity contribution in [2.45, 2.75) is 50.3 Å². The molecule has 1 aromatic rings. The summed E-state index contributed by atoms with van der Waals surface area (Å²) >= 11 is 8.23. The molecular weight excluding hydrogens is 224 g/mol. The van der Waals surface area contributed by atoms with Crippen molar-refractivity contribution >= 4 is 22.9 Å². The van der Waals surface area contributed by atoms with Gasteiger partial charge in [0.25, 0.3) is 0 Å². The summed E-state index contributed by atoms with van der Waals surface area (Å²) in [7, 11) is 0. The molecule has 1 saturated carbocycles. The molecule has 0 bridgehead atoms. The van der Waals surface area contributed by atoms with E-state index in [4.69, 9.17) is 11.6 Å². The van der Waals surface area contributed by atoms with Crippen LogP contribution in [0.25, 0.3) is 0 Å². The van der Waals surface area contributed by atoms with Crippen LogP contribution in [0.15, 0.2) is 16.8 Å². The van der Waals surface area contributed by atoms with Crippen LogP contribution in [0.3, 0.4) is 0 Å². The molecule has 1 heterocycles. The number of rotatable bonds is 3. The van der Waals surface area contributed by atoms with Gasteiger partial charge in [0.2, 0.25) is 0 Å². The zero-order chi connectivity index (χ0) is 10.5. The van der Waals surface area contributed by atoms with E-state index < -0.39 is 0 Å². The van der Waals surface area contributed by atoms with E-state index in [-0.39, 0.29) is 0 Å². The van der Waals surface area contributed by atoms with Gasteiger partial charge in [-0.25, -0.2) is 0 Å². The van der Waals surface area contributed by atoms with Gasteiger partial charge in [-0.2, -0.15) is 11.3 Å². The van der Waals surface area contributed by atoms with Gasteiger partial charge in [-0.3, -0.25) is 0 Å². The Morgan fingerprint density at radius 3 is 2.93 bits per heavy atom. The van der Waals surface area contributed by atoms with Crippen LogP contribution in [0, 0.1) is 5.92 Å². The zero-order valence-corrected chi connectivity index (χ0v) is 10.7. The van der Waals surface area contributed by atoms with Crippen LogP contribution in [0.4, 0.5) is 0 Å². The van der Waals surface area contributed by atoms with Gasteiger partial charge in [0.1, 0.15) is 0 Å². The smallest absolute Gasteiger partial charge is 0.0364 e. The highest BCUT2D eigenvalue weighted by atomic mass is 35.5. The van der Waals surface area contributed by atoms with Gasteiger partial charge >= 0.3 is 0 Å². The standard InChI is InChI=1S/C13H19ClS/c14-13-5-3-1-2-4-12(13)7-6-11-8-9-15-10-11/h8-10,12-13H,1-7H2. The van der Waals surface area contributed by atoms with E-state index >= 15 is 0 Å². The van der Waals surface area contributed by atoms with Crippen molar-refractivity contribution in [3.05, 3.63) is 22.4 Å². The average molecular weight is 243 g/mol. The fraction of sp³-hybridized carbons (Fsp3) is 0.692. The lowest BCUT2D eigenvalue weighted by molar-refractivity contribution is 0.435. The Balaban J connectivity index is 1.81. The largest absolute Gasteiger partial charge is 0.152 e. The molecule has 0 aliphatic heterocycles. The third kappa shape index (κ3) is 3.49. The molecule has 0 spiro atoms. The molecule has 0 aromatic carbocycles. The van der Waals surface area contributed by atoms with E-state index in [0.717, 1.165) is 5.92 Å². The lowest BCUT2D eigenvalue weighted by atomic mass is 9.93. The van der Waals surface area contributed by atoms with Gasteiger partial charge in [-0.1, -0.05) is 19.3 Å². The minimum atomic E-state index is 0.436. The Labute approximate surface area is 102 Å². The highest BCUT2D eigenvalue weighted by Crippen LogP contribution is 2.30. The summed E-state index contributed by atoms with van der Waals surface area (Å²) in [5.74, 6) is 0.758. The molecule has 0 N–H and O–H groups in total. The third-order valence-corrected chi connectivity index (χ3v) is 4.76. The second kappa shape index (κ2) is 5.91. The van der Waals surface area contributed by atoms with Gasteiger partial charge in [0.05, 0.1) is 0 Å².